The number of carboxylic acids is 1. The molecule has 0 radical (unpaired) electrons. The fourth-order valence-corrected chi connectivity index (χ4v) is 1.59. The fraction of sp³-hybridized carbons (Fsp3) is 0.500. The summed E-state index contributed by atoms with van der Waals surface area (Å²) < 4.78 is 10.5. The Balaban J connectivity index is 2.76. The number of nitrogens with one attached hydrogen (secondary N) is 1. The number of aliphatic carboxylic acids is 1. The van der Waals surface area contributed by atoms with Crippen molar-refractivity contribution in [2.45, 2.75) is 45.4 Å². The van der Waals surface area contributed by atoms with Crippen molar-refractivity contribution < 1.29 is 24.2 Å². The zero-order chi connectivity index (χ0) is 16.9. The van der Waals surface area contributed by atoms with Gasteiger partial charge in [0, 0.05) is 6.20 Å². The van der Waals surface area contributed by atoms with Gasteiger partial charge in [-0.05, 0) is 39.8 Å². The molecule has 0 fully saturated rings. The van der Waals surface area contributed by atoms with Crippen molar-refractivity contribution in [1.82, 2.24) is 10.3 Å². The lowest BCUT2D eigenvalue weighted by atomic mass is 10.2. The SMILES string of the molecule is CC(Oc1cccnc1N)C(NC(=O)OC(C)(C)C)C(=O)O. The molecule has 0 aliphatic rings. The molecule has 0 aromatic carbocycles. The molecule has 1 amide bonds. The number of carbonyl (C=O) groups is 2. The molecule has 8 nitrogen and oxygen atoms in total. The van der Waals surface area contributed by atoms with Crippen LogP contribution in [0.25, 0.3) is 0 Å². The Bertz CT molecular complexity index is 542. The second-order valence-corrected chi connectivity index (χ2v) is 5.67. The van der Waals surface area contributed by atoms with E-state index >= 15 is 0 Å². The number of hydrogen-bond donors (Lipinski definition) is 3. The Labute approximate surface area is 128 Å². The summed E-state index contributed by atoms with van der Waals surface area (Å²) in [5.74, 6) is -0.871. The highest BCUT2D eigenvalue weighted by Crippen LogP contribution is 2.19. The summed E-state index contributed by atoms with van der Waals surface area (Å²) in [4.78, 5) is 26.9. The Kier molecular flexibility index (Phi) is 5.56. The summed E-state index contributed by atoms with van der Waals surface area (Å²) in [6, 6.07) is 1.87. The van der Waals surface area contributed by atoms with Gasteiger partial charge in [0.25, 0.3) is 0 Å². The quantitative estimate of drug-likeness (QED) is 0.751. The third-order valence-corrected chi connectivity index (χ3v) is 2.52. The van der Waals surface area contributed by atoms with Crippen molar-refractivity contribution in [1.29, 1.82) is 0 Å². The molecule has 8 heteroatoms. The van der Waals surface area contributed by atoms with Crippen LogP contribution >= 0.6 is 0 Å². The first-order chi connectivity index (χ1) is 10.1. The maximum atomic E-state index is 11.7. The molecule has 0 aliphatic carbocycles. The van der Waals surface area contributed by atoms with E-state index in [0.717, 1.165) is 0 Å². The number of aromatic nitrogens is 1. The molecule has 2 unspecified atom stereocenters. The highest BCUT2D eigenvalue weighted by molar-refractivity contribution is 5.80. The topological polar surface area (TPSA) is 124 Å². The molecular weight excluding hydrogens is 290 g/mol. The molecule has 122 valence electrons. The first-order valence-corrected chi connectivity index (χ1v) is 6.69. The van der Waals surface area contributed by atoms with Crippen LogP contribution in [0.4, 0.5) is 10.6 Å². The number of nitrogens with two attached hydrogens (primary N) is 1. The molecule has 1 rings (SSSR count). The van der Waals surface area contributed by atoms with Crippen molar-refractivity contribution in [2.75, 3.05) is 5.73 Å². The Hall–Kier alpha value is -2.51. The van der Waals surface area contributed by atoms with E-state index in [1.807, 2.05) is 0 Å². The lowest BCUT2D eigenvalue weighted by molar-refractivity contribution is -0.141. The second kappa shape index (κ2) is 6.97. The van der Waals surface area contributed by atoms with Crippen LogP contribution in [0, 0.1) is 0 Å². The third kappa shape index (κ3) is 5.47. The zero-order valence-corrected chi connectivity index (χ0v) is 13.0. The second-order valence-electron chi connectivity index (χ2n) is 5.67. The highest BCUT2D eigenvalue weighted by atomic mass is 16.6. The molecule has 0 spiro atoms. The summed E-state index contributed by atoms with van der Waals surface area (Å²) in [6.07, 6.45) is -0.230. The van der Waals surface area contributed by atoms with E-state index in [1.165, 1.54) is 13.1 Å². The Morgan fingerprint density at radius 1 is 1.41 bits per heavy atom. The number of alkyl carbamates (subject to hydrolysis) is 1. The van der Waals surface area contributed by atoms with E-state index in [2.05, 4.69) is 10.3 Å². The van der Waals surface area contributed by atoms with Gasteiger partial charge in [-0.1, -0.05) is 0 Å². The van der Waals surface area contributed by atoms with Crippen LogP contribution in [0.5, 0.6) is 5.75 Å². The van der Waals surface area contributed by atoms with Gasteiger partial charge in [-0.2, -0.15) is 0 Å². The number of pyridine rings is 1. The number of nitrogens with zero attached hydrogens (tertiary/aromatic N) is 1. The largest absolute Gasteiger partial charge is 0.484 e. The minimum Gasteiger partial charge on any atom is -0.484 e. The van der Waals surface area contributed by atoms with Crippen molar-refractivity contribution >= 4 is 17.9 Å². The van der Waals surface area contributed by atoms with Crippen LogP contribution in [-0.4, -0.2) is 39.9 Å². The molecule has 2 atom stereocenters. The van der Waals surface area contributed by atoms with Crippen LogP contribution in [0.15, 0.2) is 18.3 Å². The van der Waals surface area contributed by atoms with Gasteiger partial charge in [0.2, 0.25) is 0 Å². The molecule has 1 aromatic rings. The van der Waals surface area contributed by atoms with Gasteiger partial charge >= 0.3 is 12.1 Å². The van der Waals surface area contributed by atoms with E-state index in [-0.39, 0.29) is 11.6 Å². The molecule has 22 heavy (non-hydrogen) atoms. The molecule has 0 bridgehead atoms. The average Bonchev–Trinajstić information content (AvgIpc) is 2.36. The van der Waals surface area contributed by atoms with E-state index in [4.69, 9.17) is 15.2 Å². The lowest BCUT2D eigenvalue weighted by Crippen LogP contribution is -2.51. The van der Waals surface area contributed by atoms with Gasteiger partial charge in [-0.3, -0.25) is 0 Å². The van der Waals surface area contributed by atoms with Crippen LogP contribution in [-0.2, 0) is 9.53 Å². The number of carbonyl (C=O) groups excluding carboxylic acids is 1. The fourth-order valence-electron chi connectivity index (χ4n) is 1.59. The molecule has 0 saturated carbocycles. The van der Waals surface area contributed by atoms with Crippen molar-refractivity contribution in [3.05, 3.63) is 18.3 Å². The number of rotatable bonds is 5. The standard InChI is InChI=1S/C14H21N3O5/c1-8(21-9-6-5-7-16-11(9)15)10(12(18)19)17-13(20)22-14(2,3)4/h5-8,10H,1-4H3,(H2,15,16)(H,17,20)(H,18,19). The van der Waals surface area contributed by atoms with E-state index in [0.29, 0.717) is 0 Å². The first-order valence-electron chi connectivity index (χ1n) is 6.69. The minimum atomic E-state index is -1.30. The summed E-state index contributed by atoms with van der Waals surface area (Å²) in [5, 5.41) is 11.5. The number of ether oxygens (including phenoxy) is 2. The maximum Gasteiger partial charge on any atom is 0.408 e. The van der Waals surface area contributed by atoms with Crippen molar-refractivity contribution in [2.24, 2.45) is 0 Å². The molecule has 1 heterocycles. The summed E-state index contributed by atoms with van der Waals surface area (Å²) in [5.41, 5.74) is 4.90. The lowest BCUT2D eigenvalue weighted by Gasteiger charge is -2.25. The normalized spacial score (nSPS) is 13.8. The predicted molar refractivity (Wildman–Crippen MR) is 79.5 cm³/mol. The van der Waals surface area contributed by atoms with Gasteiger partial charge in [-0.25, -0.2) is 14.6 Å². The number of anilines is 1. The van der Waals surface area contributed by atoms with E-state index in [1.54, 1.807) is 32.9 Å². The average molecular weight is 311 g/mol. The van der Waals surface area contributed by atoms with Crippen LogP contribution in [0.1, 0.15) is 27.7 Å². The predicted octanol–water partition coefficient (Wildman–Crippen LogP) is 1.41. The summed E-state index contributed by atoms with van der Waals surface area (Å²) in [6.45, 7) is 6.54. The van der Waals surface area contributed by atoms with E-state index in [9.17, 15) is 14.7 Å². The van der Waals surface area contributed by atoms with Gasteiger partial charge in [-0.15, -0.1) is 0 Å². The summed E-state index contributed by atoms with van der Waals surface area (Å²) >= 11 is 0. The van der Waals surface area contributed by atoms with Gasteiger partial charge in [0.05, 0.1) is 0 Å². The number of nitrogen functional groups attached to an aromatic ring is 1. The van der Waals surface area contributed by atoms with Crippen LogP contribution in [0.3, 0.4) is 0 Å². The van der Waals surface area contributed by atoms with Crippen LogP contribution < -0.4 is 15.8 Å². The minimum absolute atomic E-state index is 0.135. The van der Waals surface area contributed by atoms with E-state index < -0.39 is 29.8 Å². The summed E-state index contributed by atoms with van der Waals surface area (Å²) in [7, 11) is 0. The molecular formula is C14H21N3O5. The van der Waals surface area contributed by atoms with Gasteiger partial charge in [0.1, 0.15) is 11.7 Å². The van der Waals surface area contributed by atoms with Crippen LogP contribution in [0.2, 0.25) is 0 Å². The van der Waals surface area contributed by atoms with Crippen molar-refractivity contribution in [3.63, 3.8) is 0 Å². The number of amides is 1. The highest BCUT2D eigenvalue weighted by Gasteiger charge is 2.30. The molecule has 0 saturated heterocycles. The zero-order valence-electron chi connectivity index (χ0n) is 13.0. The first kappa shape index (κ1) is 17.5. The Morgan fingerprint density at radius 2 is 2.05 bits per heavy atom. The smallest absolute Gasteiger partial charge is 0.408 e. The molecule has 4 N–H and O–H groups in total. The number of carboxylic acid groups (broad SMARTS) is 1. The monoisotopic (exact) mass is 311 g/mol. The van der Waals surface area contributed by atoms with Gasteiger partial charge in [0.15, 0.2) is 17.6 Å². The maximum absolute atomic E-state index is 11.7. The van der Waals surface area contributed by atoms with Gasteiger partial charge < -0.3 is 25.6 Å². The molecule has 0 aliphatic heterocycles. The molecule has 1 aromatic heterocycles. The Morgan fingerprint density at radius 3 is 2.55 bits per heavy atom. The van der Waals surface area contributed by atoms with Crippen molar-refractivity contribution in [3.8, 4) is 5.75 Å². The number of hydrogen-bond acceptors (Lipinski definition) is 6. The third-order valence-electron chi connectivity index (χ3n) is 2.52.